The maximum atomic E-state index is 13.4. The number of hydrogen-bond acceptors (Lipinski definition) is 8. The van der Waals surface area contributed by atoms with Crippen molar-refractivity contribution in [1.82, 2.24) is 30.3 Å². The standard InChI is InChI=1S/C28H33BN6O6/c1-3-5-20(25(36)27(38)31-16-6-7-16)33-26(37)22-13-18(15-34(22)28(29)39)41-23-14-24(35-11-4-10-30-35)32-21-12-17(40-2)8-9-19(21)23/h4,8-12,14,16,18,20,22,25,36H,3,5-7,13,15H2,1-2H3,(H,31,38)(H,33,37)/t18?,20-,22-,25?/m0/s1. The van der Waals surface area contributed by atoms with Crippen molar-refractivity contribution in [2.24, 2.45) is 0 Å². The first-order valence-corrected chi connectivity index (χ1v) is 13.8. The highest BCUT2D eigenvalue weighted by molar-refractivity contribution is 6.57. The lowest BCUT2D eigenvalue weighted by Crippen LogP contribution is -2.55. The Balaban J connectivity index is 1.35. The zero-order valence-electron chi connectivity index (χ0n) is 23.0. The van der Waals surface area contributed by atoms with Crippen LogP contribution in [0.15, 0.2) is 42.7 Å². The van der Waals surface area contributed by atoms with E-state index >= 15 is 0 Å². The zero-order valence-corrected chi connectivity index (χ0v) is 23.0. The van der Waals surface area contributed by atoms with E-state index in [4.69, 9.17) is 17.3 Å². The van der Waals surface area contributed by atoms with E-state index in [9.17, 15) is 19.5 Å². The molecule has 12 nitrogen and oxygen atoms in total. The van der Waals surface area contributed by atoms with Gasteiger partial charge in [-0.1, -0.05) is 13.3 Å². The van der Waals surface area contributed by atoms with Crippen molar-refractivity contribution >= 4 is 36.4 Å². The van der Waals surface area contributed by atoms with Gasteiger partial charge >= 0.3 is 0 Å². The minimum atomic E-state index is -1.41. The van der Waals surface area contributed by atoms with Crippen molar-refractivity contribution in [3.8, 4) is 17.3 Å². The molecule has 1 saturated heterocycles. The van der Waals surface area contributed by atoms with Gasteiger partial charge in [-0.15, -0.1) is 0 Å². The average Bonchev–Trinajstić information content (AvgIpc) is 3.42. The van der Waals surface area contributed by atoms with E-state index in [1.54, 1.807) is 48.5 Å². The third-order valence-electron chi connectivity index (χ3n) is 7.35. The van der Waals surface area contributed by atoms with E-state index in [-0.39, 0.29) is 19.0 Å². The van der Waals surface area contributed by atoms with Gasteiger partial charge < -0.3 is 30.1 Å². The predicted molar refractivity (Wildman–Crippen MR) is 150 cm³/mol. The first-order chi connectivity index (χ1) is 19.8. The van der Waals surface area contributed by atoms with Crippen molar-refractivity contribution in [2.45, 2.75) is 69.4 Å². The number of fused-ring (bicyclic) bond motifs is 1. The number of hydrogen-bond donors (Lipinski definition) is 3. The molecule has 0 bridgehead atoms. The summed E-state index contributed by atoms with van der Waals surface area (Å²) in [5.74, 6) is -0.147. The van der Waals surface area contributed by atoms with Crippen LogP contribution in [-0.2, 0) is 9.59 Å². The lowest BCUT2D eigenvalue weighted by atomic mass is 10.0. The minimum Gasteiger partial charge on any atom is -0.497 e. The summed E-state index contributed by atoms with van der Waals surface area (Å²) in [6, 6.07) is 7.27. The third kappa shape index (κ3) is 6.45. The number of aromatic nitrogens is 3. The number of methoxy groups -OCH3 is 1. The summed E-state index contributed by atoms with van der Waals surface area (Å²) in [6.45, 7) is 1.97. The summed E-state index contributed by atoms with van der Waals surface area (Å²) in [4.78, 5) is 44.2. The number of ether oxygens (including phenoxy) is 2. The highest BCUT2D eigenvalue weighted by Gasteiger charge is 2.41. The number of aliphatic hydroxyl groups is 1. The highest BCUT2D eigenvalue weighted by Crippen LogP contribution is 2.32. The molecule has 1 aromatic carbocycles. The van der Waals surface area contributed by atoms with E-state index in [0.29, 0.717) is 41.1 Å². The Labute approximate surface area is 238 Å². The Kier molecular flexibility index (Phi) is 8.43. The van der Waals surface area contributed by atoms with Gasteiger partial charge in [-0.25, -0.2) is 9.67 Å². The second kappa shape index (κ2) is 12.2. The van der Waals surface area contributed by atoms with E-state index in [0.717, 1.165) is 12.8 Å². The molecule has 4 atom stereocenters. The molecule has 5 rings (SSSR count). The van der Waals surface area contributed by atoms with Crippen LogP contribution >= 0.6 is 0 Å². The van der Waals surface area contributed by atoms with Crippen molar-refractivity contribution in [3.05, 3.63) is 42.7 Å². The largest absolute Gasteiger partial charge is 0.497 e. The SMILES string of the molecule is [B]C(=O)N1CC(Oc2cc(-n3cccn3)nc3cc(OC)ccc23)C[C@H]1C(=O)N[C@@H](CCC)C(O)C(=O)NC1CC1. The number of benzene rings is 1. The molecular formula is C28H33BN6O6. The molecular weight excluding hydrogens is 527 g/mol. The number of rotatable bonds is 11. The number of amides is 3. The Morgan fingerprint density at radius 1 is 1.24 bits per heavy atom. The van der Waals surface area contributed by atoms with Gasteiger partial charge in [-0.05, 0) is 37.5 Å². The second-order valence-corrected chi connectivity index (χ2v) is 10.4. The van der Waals surface area contributed by atoms with Crippen LogP contribution in [0, 0.1) is 0 Å². The van der Waals surface area contributed by atoms with Crippen molar-refractivity contribution in [3.63, 3.8) is 0 Å². The molecule has 3 amide bonds. The fraction of sp³-hybridized carbons (Fsp3) is 0.464. The highest BCUT2D eigenvalue weighted by atomic mass is 16.5. The molecule has 2 aliphatic rings. The maximum absolute atomic E-state index is 13.4. The van der Waals surface area contributed by atoms with Crippen LogP contribution in [-0.4, -0.2) is 94.2 Å². The topological polar surface area (TPSA) is 148 Å². The Hall–Kier alpha value is -4.13. The summed E-state index contributed by atoms with van der Waals surface area (Å²) in [5.41, 5.74) is 0.618. The van der Waals surface area contributed by atoms with Gasteiger partial charge in [0.05, 0.1) is 25.2 Å². The van der Waals surface area contributed by atoms with Crippen LogP contribution < -0.4 is 20.1 Å². The maximum Gasteiger partial charge on any atom is 0.251 e. The lowest BCUT2D eigenvalue weighted by Gasteiger charge is -2.27. The average molecular weight is 560 g/mol. The summed E-state index contributed by atoms with van der Waals surface area (Å²) in [5, 5.41) is 21.2. The molecule has 2 aromatic heterocycles. The van der Waals surface area contributed by atoms with Gasteiger partial charge in [0, 0.05) is 42.4 Å². The molecule has 2 radical (unpaired) electrons. The molecule has 3 N–H and O–H groups in total. The summed E-state index contributed by atoms with van der Waals surface area (Å²) in [6.07, 6.45) is 4.36. The lowest BCUT2D eigenvalue weighted by molar-refractivity contribution is -0.133. The monoisotopic (exact) mass is 560 g/mol. The minimum absolute atomic E-state index is 0.0763. The van der Waals surface area contributed by atoms with Gasteiger partial charge in [-0.3, -0.25) is 14.4 Å². The van der Waals surface area contributed by atoms with E-state index < -0.39 is 41.9 Å². The third-order valence-corrected chi connectivity index (χ3v) is 7.35. The number of nitrogens with zero attached hydrogens (tertiary/aromatic N) is 4. The molecule has 214 valence electrons. The van der Waals surface area contributed by atoms with Gasteiger partial charge in [-0.2, -0.15) is 5.10 Å². The normalized spacial score (nSPS) is 19.9. The molecule has 2 fully saturated rings. The van der Waals surface area contributed by atoms with Crippen molar-refractivity contribution in [2.75, 3.05) is 13.7 Å². The Bertz CT molecular complexity index is 1410. The first-order valence-electron chi connectivity index (χ1n) is 13.8. The number of likely N-dealkylation sites (tertiary alicyclic amines) is 1. The number of nitrogens with one attached hydrogen (secondary N) is 2. The van der Waals surface area contributed by atoms with E-state index in [1.807, 2.05) is 13.0 Å². The van der Waals surface area contributed by atoms with Crippen molar-refractivity contribution in [1.29, 1.82) is 0 Å². The molecule has 1 aliphatic carbocycles. The van der Waals surface area contributed by atoms with Crippen LogP contribution in [0.4, 0.5) is 4.79 Å². The Morgan fingerprint density at radius 3 is 2.71 bits per heavy atom. The van der Waals surface area contributed by atoms with Gasteiger partial charge in [0.25, 0.3) is 5.91 Å². The summed E-state index contributed by atoms with van der Waals surface area (Å²) < 4.78 is 13.3. The quantitative estimate of drug-likeness (QED) is 0.299. The fourth-order valence-corrected chi connectivity index (χ4v) is 5.06. The molecule has 3 heterocycles. The van der Waals surface area contributed by atoms with Gasteiger partial charge in [0.15, 0.2) is 17.7 Å². The van der Waals surface area contributed by atoms with Crippen LogP contribution in [0.5, 0.6) is 11.5 Å². The van der Waals surface area contributed by atoms with Crippen LogP contribution in [0.2, 0.25) is 0 Å². The Morgan fingerprint density at radius 2 is 2.05 bits per heavy atom. The zero-order chi connectivity index (χ0) is 29.1. The van der Waals surface area contributed by atoms with Gasteiger partial charge in [0.2, 0.25) is 13.8 Å². The van der Waals surface area contributed by atoms with Gasteiger partial charge in [0.1, 0.15) is 23.6 Å². The van der Waals surface area contributed by atoms with Crippen LogP contribution in [0.3, 0.4) is 0 Å². The number of carbonyl (C=O) groups excluding carboxylic acids is 3. The van der Waals surface area contributed by atoms with E-state index in [2.05, 4.69) is 20.7 Å². The predicted octanol–water partition coefficient (Wildman–Crippen LogP) is 1.46. The molecule has 13 heteroatoms. The number of aliphatic hydroxyl groups excluding tert-OH is 1. The number of carbonyl (C=O) groups is 3. The first kappa shape index (κ1) is 28.4. The number of pyridine rings is 1. The van der Waals surface area contributed by atoms with Crippen molar-refractivity contribution < 1.29 is 29.0 Å². The fourth-order valence-electron chi connectivity index (χ4n) is 5.06. The molecule has 1 aliphatic heterocycles. The molecule has 0 spiro atoms. The molecule has 41 heavy (non-hydrogen) atoms. The van der Waals surface area contributed by atoms with E-state index in [1.165, 1.54) is 4.90 Å². The molecule has 1 saturated carbocycles. The molecule has 3 aromatic rings. The smallest absolute Gasteiger partial charge is 0.251 e. The van der Waals surface area contributed by atoms with Crippen LogP contribution in [0.25, 0.3) is 16.7 Å². The van der Waals surface area contributed by atoms with Crippen LogP contribution in [0.1, 0.15) is 39.0 Å². The molecule has 2 unspecified atom stereocenters. The summed E-state index contributed by atoms with van der Waals surface area (Å²) >= 11 is 0. The summed E-state index contributed by atoms with van der Waals surface area (Å²) in [7, 11) is 7.23. The second-order valence-electron chi connectivity index (χ2n) is 10.4.